The van der Waals surface area contributed by atoms with Crippen LogP contribution in [0.5, 0.6) is 0 Å². The van der Waals surface area contributed by atoms with Gasteiger partial charge in [-0.15, -0.1) is 0 Å². The number of amides is 1. The lowest BCUT2D eigenvalue weighted by molar-refractivity contribution is -0.737. The Morgan fingerprint density at radius 1 is 1.30 bits per heavy atom. The number of hydrogen-bond donors (Lipinski definition) is 2. The third-order valence-corrected chi connectivity index (χ3v) is 2.98. The van der Waals surface area contributed by atoms with Crippen molar-refractivity contribution in [2.45, 2.75) is 18.8 Å². The van der Waals surface area contributed by atoms with Gasteiger partial charge in [0.05, 0.1) is 13.2 Å². The van der Waals surface area contributed by atoms with Gasteiger partial charge in [0.15, 0.2) is 0 Å². The Morgan fingerprint density at radius 2 is 1.91 bits per heavy atom. The first kappa shape index (κ1) is 18.7. The number of rotatable bonds is 7. The molecular formula is C15H18F3N2O3+. The molecule has 0 bridgehead atoms. The highest BCUT2D eigenvalue weighted by atomic mass is 19.4. The van der Waals surface area contributed by atoms with Crippen LogP contribution in [0.3, 0.4) is 0 Å². The predicted octanol–water partition coefficient (Wildman–Crippen LogP) is 0.988. The Kier molecular flexibility index (Phi) is 6.32. The van der Waals surface area contributed by atoms with Crippen molar-refractivity contribution in [2.75, 3.05) is 13.2 Å². The molecule has 1 atom stereocenters. The number of halogens is 3. The maximum Gasteiger partial charge on any atom is 0.478 e. The molecule has 0 saturated heterocycles. The molecule has 23 heavy (non-hydrogen) atoms. The van der Waals surface area contributed by atoms with Gasteiger partial charge >= 0.3 is 17.8 Å². The van der Waals surface area contributed by atoms with Gasteiger partial charge in [0.2, 0.25) is 0 Å². The Hall–Kier alpha value is -2.35. The van der Waals surface area contributed by atoms with Crippen LogP contribution in [0.1, 0.15) is 17.3 Å². The molecule has 0 aromatic heterocycles. The molecule has 0 aliphatic carbocycles. The molecular weight excluding hydrogens is 313 g/mol. The van der Waals surface area contributed by atoms with E-state index in [0.29, 0.717) is 5.32 Å². The van der Waals surface area contributed by atoms with Crippen LogP contribution < -0.4 is 10.6 Å². The number of quaternary nitrogens is 1. The Morgan fingerprint density at radius 3 is 2.39 bits per heavy atom. The molecule has 1 aromatic rings. The summed E-state index contributed by atoms with van der Waals surface area (Å²) in [6, 6.07) is 7.30. The number of nitrogens with two attached hydrogens (primary N) is 1. The predicted molar refractivity (Wildman–Crippen MR) is 76.3 cm³/mol. The van der Waals surface area contributed by atoms with Crippen LogP contribution in [0.25, 0.3) is 0 Å². The maximum atomic E-state index is 13.6. The molecule has 1 aromatic carbocycles. The molecule has 0 spiro atoms. The highest BCUT2D eigenvalue weighted by Gasteiger charge is 2.67. The Bertz CT molecular complexity index is 561. The van der Waals surface area contributed by atoms with E-state index in [1.165, 1.54) is 37.3 Å². The first-order valence-corrected chi connectivity index (χ1v) is 6.85. The molecule has 0 fully saturated rings. The summed E-state index contributed by atoms with van der Waals surface area (Å²) < 4.78 is 45.2. The molecule has 0 aliphatic rings. The van der Waals surface area contributed by atoms with Crippen LogP contribution in [0.15, 0.2) is 43.0 Å². The van der Waals surface area contributed by atoms with Gasteiger partial charge < -0.3 is 10.1 Å². The molecule has 0 aliphatic heterocycles. The van der Waals surface area contributed by atoms with Crippen molar-refractivity contribution in [1.29, 1.82) is 0 Å². The quantitative estimate of drug-likeness (QED) is 0.445. The van der Waals surface area contributed by atoms with E-state index in [2.05, 4.69) is 11.3 Å². The van der Waals surface area contributed by atoms with Gasteiger partial charge in [-0.25, -0.2) is 4.79 Å². The van der Waals surface area contributed by atoms with Crippen molar-refractivity contribution in [3.05, 3.63) is 48.6 Å². The lowest BCUT2D eigenvalue weighted by atomic mass is 10.1. The van der Waals surface area contributed by atoms with Gasteiger partial charge in [-0.05, 0) is 25.1 Å². The molecule has 5 nitrogen and oxygen atoms in total. The number of carbonyl (C=O) groups is 2. The van der Waals surface area contributed by atoms with Gasteiger partial charge in [0.25, 0.3) is 5.91 Å². The van der Waals surface area contributed by atoms with Crippen LogP contribution in [0.2, 0.25) is 0 Å². The third-order valence-electron chi connectivity index (χ3n) is 2.98. The monoisotopic (exact) mass is 331 g/mol. The summed E-state index contributed by atoms with van der Waals surface area (Å²) >= 11 is 0. The summed E-state index contributed by atoms with van der Waals surface area (Å²) in [6.45, 7) is 4.21. The fourth-order valence-corrected chi connectivity index (χ4v) is 1.83. The first-order chi connectivity index (χ1) is 10.8. The van der Waals surface area contributed by atoms with Gasteiger partial charge in [-0.1, -0.05) is 24.8 Å². The summed E-state index contributed by atoms with van der Waals surface area (Å²) in [5, 5.41) is 2.40. The minimum Gasteiger partial charge on any atom is -0.460 e. The molecule has 1 amide bonds. The van der Waals surface area contributed by atoms with Gasteiger partial charge in [-0.3, -0.25) is 10.1 Å². The van der Waals surface area contributed by atoms with E-state index in [1.54, 1.807) is 11.4 Å². The minimum absolute atomic E-state index is 0.00238. The summed E-state index contributed by atoms with van der Waals surface area (Å²) in [5.41, 5.74) is -3.23. The van der Waals surface area contributed by atoms with Crippen LogP contribution in [-0.2, 0) is 9.53 Å². The van der Waals surface area contributed by atoms with E-state index in [4.69, 9.17) is 0 Å². The van der Waals surface area contributed by atoms with E-state index < -0.39 is 23.7 Å². The first-order valence-electron chi connectivity index (χ1n) is 6.85. The fraction of sp³-hybridized carbons (Fsp3) is 0.333. The van der Waals surface area contributed by atoms with Gasteiger partial charge in [0.1, 0.15) is 0 Å². The zero-order valence-electron chi connectivity index (χ0n) is 12.5. The second kappa shape index (κ2) is 7.77. The van der Waals surface area contributed by atoms with Crippen LogP contribution in [-0.4, -0.2) is 36.9 Å². The average molecular weight is 331 g/mol. The van der Waals surface area contributed by atoms with Crippen molar-refractivity contribution in [3.8, 4) is 0 Å². The lowest BCUT2D eigenvalue weighted by Gasteiger charge is -2.31. The topological polar surface area (TPSA) is 72.0 Å². The Balaban J connectivity index is 3.22. The number of hydrogen-bond acceptors (Lipinski definition) is 3. The Labute approximate surface area is 131 Å². The summed E-state index contributed by atoms with van der Waals surface area (Å²) in [5.74, 6) is -2.62. The molecule has 0 heterocycles. The smallest absolute Gasteiger partial charge is 0.460 e. The van der Waals surface area contributed by atoms with Crippen molar-refractivity contribution in [2.24, 2.45) is 0 Å². The molecule has 3 N–H and O–H groups in total. The fourth-order valence-electron chi connectivity index (χ4n) is 1.83. The second-order valence-electron chi connectivity index (χ2n) is 4.57. The number of carbonyl (C=O) groups excluding carboxylic acids is 2. The van der Waals surface area contributed by atoms with E-state index in [-0.39, 0.29) is 18.7 Å². The molecule has 1 rings (SSSR count). The molecule has 0 unspecified atom stereocenters. The SMILES string of the molecule is C=CC[NH2+][C@](NC(=O)c1ccccc1)(C(=O)OCC)C(F)(F)F. The highest BCUT2D eigenvalue weighted by Crippen LogP contribution is 2.27. The summed E-state index contributed by atoms with van der Waals surface area (Å²) in [4.78, 5) is 24.1. The zero-order valence-corrected chi connectivity index (χ0v) is 12.5. The lowest BCUT2D eigenvalue weighted by Crippen LogP contribution is -3.06. The normalized spacial score (nSPS) is 13.7. The number of ether oxygens (including phenoxy) is 1. The summed E-state index contributed by atoms with van der Waals surface area (Å²) in [6.07, 6.45) is -3.87. The van der Waals surface area contributed by atoms with E-state index in [9.17, 15) is 22.8 Å². The van der Waals surface area contributed by atoms with Gasteiger partial charge in [0, 0.05) is 5.56 Å². The van der Waals surface area contributed by atoms with E-state index in [1.807, 2.05) is 0 Å². The van der Waals surface area contributed by atoms with Gasteiger partial charge in [-0.2, -0.15) is 13.2 Å². The average Bonchev–Trinajstić information content (AvgIpc) is 2.51. The van der Waals surface area contributed by atoms with Crippen molar-refractivity contribution >= 4 is 11.9 Å². The summed E-state index contributed by atoms with van der Waals surface area (Å²) in [7, 11) is 0. The highest BCUT2D eigenvalue weighted by molar-refractivity contribution is 5.97. The zero-order chi connectivity index (χ0) is 17.5. The van der Waals surface area contributed by atoms with Crippen molar-refractivity contribution < 1.29 is 32.8 Å². The van der Waals surface area contributed by atoms with Crippen LogP contribution in [0.4, 0.5) is 13.2 Å². The minimum atomic E-state index is -5.06. The molecule has 0 radical (unpaired) electrons. The standard InChI is InChI=1S/C15H17F3N2O3/c1-3-10-19-14(15(16,17)18,13(22)23-4-2)20-12(21)11-8-6-5-7-9-11/h3,5-9,19H,1,4,10H2,2H3,(H,20,21)/p+1/t14-/m0/s1. The third kappa shape index (κ3) is 4.32. The van der Waals surface area contributed by atoms with Crippen LogP contribution >= 0.6 is 0 Å². The van der Waals surface area contributed by atoms with Crippen molar-refractivity contribution in [1.82, 2.24) is 5.32 Å². The molecule has 126 valence electrons. The number of alkyl halides is 3. The van der Waals surface area contributed by atoms with Crippen molar-refractivity contribution in [3.63, 3.8) is 0 Å². The number of esters is 1. The number of benzene rings is 1. The molecule has 8 heteroatoms. The van der Waals surface area contributed by atoms with E-state index >= 15 is 0 Å². The second-order valence-corrected chi connectivity index (χ2v) is 4.57. The number of nitrogens with one attached hydrogen (secondary N) is 1. The van der Waals surface area contributed by atoms with E-state index in [0.717, 1.165) is 0 Å². The largest absolute Gasteiger partial charge is 0.478 e. The maximum absolute atomic E-state index is 13.6. The van der Waals surface area contributed by atoms with Crippen LogP contribution in [0, 0.1) is 0 Å². The molecule has 0 saturated carbocycles.